The van der Waals surface area contributed by atoms with Crippen LogP contribution in [0.3, 0.4) is 0 Å². The average molecular weight is 204 g/mol. The van der Waals surface area contributed by atoms with Crippen molar-refractivity contribution in [3.05, 3.63) is 36.4 Å². The second-order valence-corrected chi connectivity index (χ2v) is 6.96. The van der Waals surface area contributed by atoms with Crippen LogP contribution in [0.2, 0.25) is 0 Å². The summed E-state index contributed by atoms with van der Waals surface area (Å²) < 4.78 is 3.06. The van der Waals surface area contributed by atoms with E-state index in [1.54, 1.807) is 0 Å². The van der Waals surface area contributed by atoms with E-state index in [1.165, 1.54) is 10.1 Å². The molecular weight excluding hydrogens is 198 g/mol. The number of fused-ring (bicyclic) bond motifs is 1. The summed E-state index contributed by atoms with van der Waals surface area (Å²) in [7, 11) is 0. The third-order valence-corrected chi connectivity index (χ3v) is 4.09. The normalized spacial score (nSPS) is 10.7. The minimum absolute atomic E-state index is 0.809. The molecule has 12 heavy (non-hydrogen) atoms. The monoisotopic (exact) mass is 204 g/mol. The molecular formula is C10H6K2. The summed E-state index contributed by atoms with van der Waals surface area (Å²) in [4.78, 5) is 0. The molecule has 0 atom stereocenters. The summed E-state index contributed by atoms with van der Waals surface area (Å²) in [6, 6.07) is 13.7. The van der Waals surface area contributed by atoms with Gasteiger partial charge in [-0.15, -0.1) is 0 Å². The summed E-state index contributed by atoms with van der Waals surface area (Å²) in [6.45, 7) is 0. The van der Waals surface area contributed by atoms with Gasteiger partial charge in [-0.2, -0.15) is 0 Å². The Balaban J connectivity index is 2.79. The van der Waals surface area contributed by atoms with Gasteiger partial charge in [0.1, 0.15) is 0 Å². The summed E-state index contributed by atoms with van der Waals surface area (Å²) in [5, 5.41) is 2.82. The van der Waals surface area contributed by atoms with Crippen molar-refractivity contribution < 1.29 is 0 Å². The van der Waals surface area contributed by atoms with Gasteiger partial charge in [-0.1, -0.05) is 0 Å². The van der Waals surface area contributed by atoms with E-state index in [1.807, 2.05) is 0 Å². The molecule has 0 amide bonds. The van der Waals surface area contributed by atoms with Crippen LogP contribution in [0.5, 0.6) is 0 Å². The number of benzene rings is 2. The topological polar surface area (TPSA) is 0 Å². The van der Waals surface area contributed by atoms with Crippen molar-refractivity contribution >= 4 is 108 Å². The Kier molecular flexibility index (Phi) is 4.07. The van der Waals surface area contributed by atoms with E-state index in [-0.39, 0.29) is 0 Å². The Morgan fingerprint density at radius 3 is 1.50 bits per heavy atom. The molecule has 2 aromatic carbocycles. The zero-order valence-electron chi connectivity index (χ0n) is 7.46. The Labute approximate surface area is 140 Å². The maximum absolute atomic E-state index is 2.32. The summed E-state index contributed by atoms with van der Waals surface area (Å²) in [6.07, 6.45) is 0. The van der Waals surface area contributed by atoms with Gasteiger partial charge in [-0.05, 0) is 0 Å². The van der Waals surface area contributed by atoms with Gasteiger partial charge in [0.25, 0.3) is 0 Å². The molecule has 0 nitrogen and oxygen atoms in total. The SMILES string of the molecule is [K][c]1ccc2c[c]([K])ccc2c1. The van der Waals surface area contributed by atoms with E-state index in [4.69, 9.17) is 0 Å². The first kappa shape index (κ1) is 10.5. The van der Waals surface area contributed by atoms with Crippen LogP contribution in [0.15, 0.2) is 36.4 Å². The Morgan fingerprint density at radius 1 is 0.667 bits per heavy atom. The second-order valence-electron chi connectivity index (χ2n) is 3.35. The van der Waals surface area contributed by atoms with E-state index < -0.39 is 0 Å². The van der Waals surface area contributed by atoms with Gasteiger partial charge in [0.2, 0.25) is 0 Å². The van der Waals surface area contributed by atoms with Crippen LogP contribution in [0.1, 0.15) is 0 Å². The fraction of sp³-hybridized carbons (Fsp3) is 0. The predicted octanol–water partition coefficient (Wildman–Crippen LogP) is 0.427. The molecule has 0 spiro atoms. The average Bonchev–Trinajstić information content (AvgIpc) is 2.05. The van der Waals surface area contributed by atoms with E-state index in [0.29, 0.717) is 0 Å². The van der Waals surface area contributed by atoms with Crippen LogP contribution in [0, 0.1) is 0 Å². The van der Waals surface area contributed by atoms with E-state index in [9.17, 15) is 0 Å². The van der Waals surface area contributed by atoms with Gasteiger partial charge in [-0.25, -0.2) is 0 Å². The van der Waals surface area contributed by atoms with Crippen molar-refractivity contribution in [3.8, 4) is 0 Å². The van der Waals surface area contributed by atoms with Crippen LogP contribution in [0.25, 0.3) is 10.8 Å². The zero-order valence-corrected chi connectivity index (χ0v) is 13.7. The van der Waals surface area contributed by atoms with Gasteiger partial charge >= 0.3 is 144 Å². The Morgan fingerprint density at radius 2 is 1.08 bits per heavy atom. The maximum atomic E-state index is 2.32. The Bertz CT molecular complexity index is 380. The van der Waals surface area contributed by atoms with Gasteiger partial charge in [-0.3, -0.25) is 0 Å². The molecule has 0 saturated carbocycles. The molecule has 2 rings (SSSR count). The fourth-order valence-corrected chi connectivity index (χ4v) is 2.98. The van der Waals surface area contributed by atoms with Crippen molar-refractivity contribution in [1.29, 1.82) is 0 Å². The molecule has 0 saturated heterocycles. The predicted molar refractivity (Wildman–Crippen MR) is 54.7 cm³/mol. The quantitative estimate of drug-likeness (QED) is 0.546. The molecule has 0 aliphatic heterocycles. The van der Waals surface area contributed by atoms with Crippen LogP contribution in [0.4, 0.5) is 0 Å². The van der Waals surface area contributed by atoms with Crippen molar-refractivity contribution in [2.45, 2.75) is 0 Å². The van der Waals surface area contributed by atoms with Crippen molar-refractivity contribution in [2.24, 2.45) is 0 Å². The standard InChI is InChI=1S/C10H6.2K/c1-2-6-10-8-4-3-7-9(10)5-1;;/h1,4-8H;;. The van der Waals surface area contributed by atoms with E-state index in [2.05, 4.69) is 36.4 Å². The molecule has 0 heterocycles. The molecule has 0 fully saturated rings. The van der Waals surface area contributed by atoms with Crippen LogP contribution >= 0.6 is 0 Å². The first-order valence-corrected chi connectivity index (χ1v) is 7.35. The first-order valence-electron chi connectivity index (χ1n) is 4.23. The third kappa shape index (κ3) is 2.51. The van der Waals surface area contributed by atoms with Crippen molar-refractivity contribution in [1.82, 2.24) is 0 Å². The van der Waals surface area contributed by atoms with Gasteiger partial charge < -0.3 is 0 Å². The Hall–Kier alpha value is 1.97. The van der Waals surface area contributed by atoms with Crippen LogP contribution in [-0.4, -0.2) is 97.9 Å². The molecule has 0 aromatic heterocycles. The summed E-state index contributed by atoms with van der Waals surface area (Å²) in [5.74, 6) is 0. The number of rotatable bonds is 0. The molecule has 0 aliphatic carbocycles. The number of hydrogen-bond donors (Lipinski definition) is 0. The molecule has 0 unspecified atom stereocenters. The molecule has 0 radical (unpaired) electrons. The van der Waals surface area contributed by atoms with E-state index in [0.717, 1.165) is 97.9 Å². The van der Waals surface area contributed by atoms with E-state index >= 15 is 0 Å². The molecule has 48 valence electrons. The first-order chi connectivity index (χ1) is 5.75. The molecule has 2 aromatic rings. The van der Waals surface area contributed by atoms with Crippen LogP contribution < -0.4 is -0.684 Å². The fourth-order valence-electron chi connectivity index (χ4n) is 1.48. The summed E-state index contributed by atoms with van der Waals surface area (Å²) >= 11 is 1.62. The van der Waals surface area contributed by atoms with Crippen molar-refractivity contribution in [3.63, 3.8) is 0 Å². The minimum atomic E-state index is 0.809. The van der Waals surface area contributed by atoms with Crippen molar-refractivity contribution in [2.75, 3.05) is 0 Å². The molecule has 0 N–H and O–H groups in total. The third-order valence-electron chi connectivity index (χ3n) is 2.15. The van der Waals surface area contributed by atoms with Gasteiger partial charge in [0, 0.05) is 0 Å². The number of hydrogen-bond acceptors (Lipinski definition) is 0. The van der Waals surface area contributed by atoms with Crippen LogP contribution in [-0.2, 0) is 0 Å². The summed E-state index contributed by atoms with van der Waals surface area (Å²) in [5.41, 5.74) is 0. The second kappa shape index (κ2) is 4.66. The zero-order chi connectivity index (χ0) is 8.55. The van der Waals surface area contributed by atoms with Gasteiger partial charge in [0.15, 0.2) is 0 Å². The molecule has 2 heteroatoms. The van der Waals surface area contributed by atoms with Gasteiger partial charge in [0.05, 0.1) is 0 Å². The molecule has 0 aliphatic rings. The molecule has 0 bridgehead atoms.